The number of methoxy groups -OCH3 is 2. The zero-order valence-electron chi connectivity index (χ0n) is 13.1. The molecule has 0 bridgehead atoms. The van der Waals surface area contributed by atoms with E-state index < -0.39 is 5.97 Å². The molecule has 0 saturated carbocycles. The van der Waals surface area contributed by atoms with Gasteiger partial charge in [0.05, 0.1) is 31.4 Å². The SMILES string of the molecule is COC(=O)c1[nH]c2ccc3ccoc3c2c1-c1cccnc1OC. The third kappa shape index (κ3) is 1.96. The quantitative estimate of drug-likeness (QED) is 0.581. The summed E-state index contributed by atoms with van der Waals surface area (Å²) in [6.45, 7) is 0. The molecule has 0 saturated heterocycles. The summed E-state index contributed by atoms with van der Waals surface area (Å²) in [5, 5.41) is 1.74. The first-order valence-corrected chi connectivity index (χ1v) is 7.34. The molecule has 24 heavy (non-hydrogen) atoms. The van der Waals surface area contributed by atoms with Crippen molar-refractivity contribution in [2.75, 3.05) is 14.2 Å². The van der Waals surface area contributed by atoms with Gasteiger partial charge in [-0.15, -0.1) is 0 Å². The highest BCUT2D eigenvalue weighted by atomic mass is 16.5. The van der Waals surface area contributed by atoms with Gasteiger partial charge < -0.3 is 18.9 Å². The van der Waals surface area contributed by atoms with Gasteiger partial charge in [0, 0.05) is 22.7 Å². The summed E-state index contributed by atoms with van der Waals surface area (Å²) < 4.78 is 16.0. The van der Waals surface area contributed by atoms with E-state index in [2.05, 4.69) is 9.97 Å². The smallest absolute Gasteiger partial charge is 0.355 e. The molecule has 0 spiro atoms. The number of pyridine rings is 1. The predicted molar refractivity (Wildman–Crippen MR) is 89.2 cm³/mol. The Labute approximate surface area is 137 Å². The van der Waals surface area contributed by atoms with Crippen molar-refractivity contribution in [2.45, 2.75) is 0 Å². The number of furan rings is 1. The predicted octanol–water partition coefficient (Wildman–Crippen LogP) is 3.77. The lowest BCUT2D eigenvalue weighted by Gasteiger charge is -2.08. The van der Waals surface area contributed by atoms with Gasteiger partial charge in [-0.25, -0.2) is 9.78 Å². The maximum absolute atomic E-state index is 12.3. The topological polar surface area (TPSA) is 77.4 Å². The molecule has 0 aliphatic heterocycles. The number of nitrogens with one attached hydrogen (secondary N) is 1. The van der Waals surface area contributed by atoms with Gasteiger partial charge in [-0.1, -0.05) is 0 Å². The number of nitrogens with zero attached hydrogens (tertiary/aromatic N) is 1. The molecule has 1 N–H and O–H groups in total. The molecule has 3 aromatic heterocycles. The number of carbonyl (C=O) groups is 1. The maximum atomic E-state index is 12.3. The number of benzene rings is 1. The number of fused-ring (bicyclic) bond motifs is 3. The van der Waals surface area contributed by atoms with Crippen LogP contribution in [0.5, 0.6) is 5.88 Å². The van der Waals surface area contributed by atoms with Crippen molar-refractivity contribution in [1.82, 2.24) is 9.97 Å². The van der Waals surface area contributed by atoms with Crippen molar-refractivity contribution in [3.63, 3.8) is 0 Å². The van der Waals surface area contributed by atoms with Crippen LogP contribution in [0, 0.1) is 0 Å². The minimum absolute atomic E-state index is 0.336. The van der Waals surface area contributed by atoms with Crippen LogP contribution in [-0.4, -0.2) is 30.2 Å². The molecule has 0 amide bonds. The van der Waals surface area contributed by atoms with Crippen LogP contribution >= 0.6 is 0 Å². The minimum Gasteiger partial charge on any atom is -0.481 e. The third-order valence-electron chi connectivity index (χ3n) is 4.00. The first kappa shape index (κ1) is 14.3. The highest BCUT2D eigenvalue weighted by Gasteiger charge is 2.24. The van der Waals surface area contributed by atoms with E-state index in [0.29, 0.717) is 28.3 Å². The standard InChI is InChI=1S/C18H14N2O4/c1-22-17-11(4-3-8-19-17)13-14-12(20-15(13)18(21)23-2)6-5-10-7-9-24-16(10)14/h3-9,20H,1-2H3. The van der Waals surface area contributed by atoms with Crippen molar-refractivity contribution in [3.05, 3.63) is 48.5 Å². The molecule has 0 aliphatic carbocycles. The number of carbonyl (C=O) groups excluding carboxylic acids is 1. The number of hydrogen-bond acceptors (Lipinski definition) is 5. The van der Waals surface area contributed by atoms with Gasteiger partial charge in [0.2, 0.25) is 5.88 Å². The number of ether oxygens (including phenoxy) is 2. The van der Waals surface area contributed by atoms with Crippen LogP contribution in [0.1, 0.15) is 10.5 Å². The summed E-state index contributed by atoms with van der Waals surface area (Å²) in [6.07, 6.45) is 3.26. The minimum atomic E-state index is -0.466. The van der Waals surface area contributed by atoms with Crippen molar-refractivity contribution < 1.29 is 18.7 Å². The molecule has 1 aromatic carbocycles. The Morgan fingerprint density at radius 3 is 2.88 bits per heavy atom. The molecule has 120 valence electrons. The van der Waals surface area contributed by atoms with Crippen LogP contribution in [0.3, 0.4) is 0 Å². The molecule has 0 fully saturated rings. The third-order valence-corrected chi connectivity index (χ3v) is 4.00. The molecule has 3 heterocycles. The van der Waals surface area contributed by atoms with Crippen molar-refractivity contribution >= 4 is 27.8 Å². The highest BCUT2D eigenvalue weighted by Crippen LogP contribution is 2.40. The summed E-state index contributed by atoms with van der Waals surface area (Å²) in [5.74, 6) is -0.0427. The molecule has 0 radical (unpaired) electrons. The van der Waals surface area contributed by atoms with Gasteiger partial charge in [0.25, 0.3) is 0 Å². The summed E-state index contributed by atoms with van der Waals surface area (Å²) in [4.78, 5) is 19.7. The molecule has 4 aromatic rings. The van der Waals surface area contributed by atoms with Crippen LogP contribution in [0.4, 0.5) is 0 Å². The normalized spacial score (nSPS) is 11.1. The maximum Gasteiger partial charge on any atom is 0.355 e. The largest absolute Gasteiger partial charge is 0.481 e. The lowest BCUT2D eigenvalue weighted by molar-refractivity contribution is 0.0596. The summed E-state index contributed by atoms with van der Waals surface area (Å²) in [7, 11) is 2.89. The number of aromatic amines is 1. The van der Waals surface area contributed by atoms with Crippen LogP contribution in [0.15, 0.2) is 47.2 Å². The molecule has 0 atom stereocenters. The average Bonchev–Trinajstić information content (AvgIpc) is 3.24. The van der Waals surface area contributed by atoms with E-state index in [1.54, 1.807) is 25.6 Å². The van der Waals surface area contributed by atoms with Crippen molar-refractivity contribution in [1.29, 1.82) is 0 Å². The van der Waals surface area contributed by atoms with Crippen LogP contribution in [-0.2, 0) is 4.74 Å². The second kappa shape index (κ2) is 5.42. The average molecular weight is 322 g/mol. The van der Waals surface area contributed by atoms with Crippen molar-refractivity contribution in [2.24, 2.45) is 0 Å². The van der Waals surface area contributed by atoms with Gasteiger partial charge in [-0.2, -0.15) is 0 Å². The first-order valence-electron chi connectivity index (χ1n) is 7.34. The first-order chi connectivity index (χ1) is 11.7. The zero-order chi connectivity index (χ0) is 16.7. The number of aromatic nitrogens is 2. The van der Waals surface area contributed by atoms with Crippen LogP contribution < -0.4 is 4.74 Å². The molecular weight excluding hydrogens is 308 g/mol. The fourth-order valence-corrected chi connectivity index (χ4v) is 2.98. The molecule has 4 rings (SSSR count). The second-order valence-electron chi connectivity index (χ2n) is 5.25. The van der Waals surface area contributed by atoms with E-state index in [1.165, 1.54) is 7.11 Å². The van der Waals surface area contributed by atoms with E-state index in [1.807, 2.05) is 24.3 Å². The summed E-state index contributed by atoms with van der Waals surface area (Å²) >= 11 is 0. The Bertz CT molecular complexity index is 1060. The van der Waals surface area contributed by atoms with Gasteiger partial charge in [0.15, 0.2) is 0 Å². The Balaban J connectivity index is 2.18. The Hall–Kier alpha value is -3.28. The van der Waals surface area contributed by atoms with Crippen LogP contribution in [0.25, 0.3) is 33.0 Å². The Morgan fingerprint density at radius 2 is 2.08 bits per heavy atom. The Kier molecular flexibility index (Phi) is 3.23. The van der Waals surface area contributed by atoms with Gasteiger partial charge in [0.1, 0.15) is 11.3 Å². The van der Waals surface area contributed by atoms with E-state index in [4.69, 9.17) is 13.9 Å². The number of H-pyrrole nitrogens is 1. The number of esters is 1. The van der Waals surface area contributed by atoms with E-state index in [0.717, 1.165) is 16.3 Å². The monoisotopic (exact) mass is 322 g/mol. The zero-order valence-corrected chi connectivity index (χ0v) is 13.1. The fourth-order valence-electron chi connectivity index (χ4n) is 2.98. The summed E-state index contributed by atoms with van der Waals surface area (Å²) in [6, 6.07) is 9.36. The lowest BCUT2D eigenvalue weighted by atomic mass is 10.0. The highest BCUT2D eigenvalue weighted by molar-refractivity contribution is 6.17. The lowest BCUT2D eigenvalue weighted by Crippen LogP contribution is -2.04. The molecule has 6 nitrogen and oxygen atoms in total. The van der Waals surface area contributed by atoms with Gasteiger partial charge >= 0.3 is 5.97 Å². The molecular formula is C18H14N2O4. The van der Waals surface area contributed by atoms with Gasteiger partial charge in [-0.3, -0.25) is 0 Å². The Morgan fingerprint density at radius 1 is 1.21 bits per heavy atom. The van der Waals surface area contributed by atoms with E-state index in [-0.39, 0.29) is 0 Å². The molecule has 0 aliphatic rings. The van der Waals surface area contributed by atoms with Gasteiger partial charge in [-0.05, 0) is 30.3 Å². The fraction of sp³-hybridized carbons (Fsp3) is 0.111. The number of hydrogen-bond donors (Lipinski definition) is 1. The number of rotatable bonds is 3. The van der Waals surface area contributed by atoms with E-state index in [9.17, 15) is 4.79 Å². The van der Waals surface area contributed by atoms with E-state index >= 15 is 0 Å². The molecule has 0 unspecified atom stereocenters. The summed E-state index contributed by atoms with van der Waals surface area (Å²) in [5.41, 5.74) is 3.15. The molecule has 6 heteroatoms. The van der Waals surface area contributed by atoms with Crippen molar-refractivity contribution in [3.8, 4) is 17.0 Å². The van der Waals surface area contributed by atoms with Crippen LogP contribution in [0.2, 0.25) is 0 Å². The second-order valence-corrected chi connectivity index (χ2v) is 5.25.